The number of ketones is 2. The van der Waals surface area contributed by atoms with E-state index in [4.69, 9.17) is 0 Å². The third kappa shape index (κ3) is 2.68. The molecule has 0 aliphatic rings. The lowest BCUT2D eigenvalue weighted by atomic mass is 10.1. The number of aryl methyl sites for hydroxylation is 2. The molecule has 112 valence electrons. The predicted molar refractivity (Wildman–Crippen MR) is 83.8 cm³/mol. The Labute approximate surface area is 124 Å². The molecule has 0 radical (unpaired) electrons. The minimum absolute atomic E-state index is 0.181. The molecule has 0 aliphatic heterocycles. The van der Waals surface area contributed by atoms with Crippen LogP contribution >= 0.6 is 0 Å². The van der Waals surface area contributed by atoms with Crippen LogP contribution in [0.2, 0.25) is 0 Å². The van der Waals surface area contributed by atoms with Crippen molar-refractivity contribution in [3.8, 4) is 0 Å². The Balaban J connectivity index is 2.79. The molecule has 1 N–H and O–H groups in total. The molecule has 0 atom stereocenters. The van der Waals surface area contributed by atoms with Crippen molar-refractivity contribution in [3.05, 3.63) is 23.3 Å². The maximum absolute atomic E-state index is 11.9. The van der Waals surface area contributed by atoms with E-state index < -0.39 is 6.04 Å². The van der Waals surface area contributed by atoms with Gasteiger partial charge >= 0.3 is 0 Å². The van der Waals surface area contributed by atoms with Crippen molar-refractivity contribution in [1.82, 2.24) is 9.55 Å². The van der Waals surface area contributed by atoms with Gasteiger partial charge in [-0.3, -0.25) is 14.2 Å². The Morgan fingerprint density at radius 1 is 1.19 bits per heavy atom. The van der Waals surface area contributed by atoms with Gasteiger partial charge in [-0.25, -0.2) is 4.98 Å². The van der Waals surface area contributed by atoms with Crippen molar-refractivity contribution in [2.24, 2.45) is 0 Å². The third-order valence-electron chi connectivity index (χ3n) is 3.67. The maximum Gasteiger partial charge on any atom is 0.204 e. The molecule has 1 aromatic heterocycles. The molecule has 0 saturated heterocycles. The molecule has 1 aromatic carbocycles. The van der Waals surface area contributed by atoms with Crippen LogP contribution in [0, 0.1) is 13.8 Å². The molecule has 0 aliphatic carbocycles. The largest absolute Gasteiger partial charge is 0.356 e. The van der Waals surface area contributed by atoms with Gasteiger partial charge in [0.15, 0.2) is 17.6 Å². The molecule has 1 heterocycles. The Morgan fingerprint density at radius 2 is 1.76 bits per heavy atom. The standard InChI is InChI=1S/C16H21N3O2/c1-6-17-16-18-13-7-9(2)10(3)8-14(13)19(16)15(11(4)20)12(5)21/h7-8,15H,6H2,1-5H3,(H,17,18). The molecule has 0 spiro atoms. The molecule has 2 aromatic rings. The first kappa shape index (κ1) is 15.2. The SMILES string of the molecule is CCNc1nc2cc(C)c(C)cc2n1C(C(C)=O)C(C)=O. The molecule has 0 fully saturated rings. The predicted octanol–water partition coefficient (Wildman–Crippen LogP) is 2.80. The molecule has 0 unspecified atom stereocenters. The number of anilines is 1. The number of Topliss-reactive ketones (excluding diaryl/α,β-unsaturated/α-hetero) is 2. The number of hydrogen-bond acceptors (Lipinski definition) is 4. The van der Waals surface area contributed by atoms with Crippen molar-refractivity contribution in [3.63, 3.8) is 0 Å². The van der Waals surface area contributed by atoms with Gasteiger partial charge < -0.3 is 5.32 Å². The summed E-state index contributed by atoms with van der Waals surface area (Å²) in [6.45, 7) is 9.54. The summed E-state index contributed by atoms with van der Waals surface area (Å²) in [6, 6.07) is 3.14. The number of fused-ring (bicyclic) bond motifs is 1. The van der Waals surface area contributed by atoms with Gasteiger partial charge in [0.25, 0.3) is 0 Å². The summed E-state index contributed by atoms with van der Waals surface area (Å²) >= 11 is 0. The molecule has 21 heavy (non-hydrogen) atoms. The Hall–Kier alpha value is -2.17. The fraction of sp³-hybridized carbons (Fsp3) is 0.438. The normalized spacial score (nSPS) is 11.1. The molecule has 0 saturated carbocycles. The van der Waals surface area contributed by atoms with Crippen LogP contribution < -0.4 is 5.32 Å². The lowest BCUT2D eigenvalue weighted by Crippen LogP contribution is -2.25. The molecular formula is C16H21N3O2. The number of benzene rings is 1. The summed E-state index contributed by atoms with van der Waals surface area (Å²) in [5, 5.41) is 3.14. The Bertz CT molecular complexity index is 702. The summed E-state index contributed by atoms with van der Waals surface area (Å²) in [6.07, 6.45) is 0. The van der Waals surface area contributed by atoms with E-state index in [1.165, 1.54) is 13.8 Å². The molecule has 5 nitrogen and oxygen atoms in total. The smallest absolute Gasteiger partial charge is 0.204 e. The second-order valence-corrected chi connectivity index (χ2v) is 5.38. The van der Waals surface area contributed by atoms with Crippen molar-refractivity contribution in [2.45, 2.75) is 40.7 Å². The van der Waals surface area contributed by atoms with Crippen LogP contribution in [0.3, 0.4) is 0 Å². The summed E-state index contributed by atoms with van der Waals surface area (Å²) in [5.74, 6) is 0.200. The van der Waals surface area contributed by atoms with E-state index >= 15 is 0 Å². The zero-order valence-electron chi connectivity index (χ0n) is 13.2. The molecular weight excluding hydrogens is 266 g/mol. The topological polar surface area (TPSA) is 64.0 Å². The third-order valence-corrected chi connectivity index (χ3v) is 3.67. The highest BCUT2D eigenvalue weighted by Gasteiger charge is 2.26. The van der Waals surface area contributed by atoms with Crippen LogP contribution in [0.15, 0.2) is 12.1 Å². The number of carbonyl (C=O) groups excluding carboxylic acids is 2. The summed E-state index contributed by atoms with van der Waals surface area (Å²) in [7, 11) is 0. The van der Waals surface area contributed by atoms with Crippen LogP contribution in [0.1, 0.15) is 37.9 Å². The second-order valence-electron chi connectivity index (χ2n) is 5.38. The highest BCUT2D eigenvalue weighted by atomic mass is 16.2. The number of carbonyl (C=O) groups is 2. The van der Waals surface area contributed by atoms with Crippen LogP contribution in [-0.2, 0) is 9.59 Å². The fourth-order valence-electron chi connectivity index (χ4n) is 2.54. The first-order valence-corrected chi connectivity index (χ1v) is 7.10. The highest BCUT2D eigenvalue weighted by molar-refractivity contribution is 6.04. The van der Waals surface area contributed by atoms with Gasteiger partial charge in [-0.1, -0.05) is 0 Å². The summed E-state index contributed by atoms with van der Waals surface area (Å²) in [5.41, 5.74) is 3.85. The Kier molecular flexibility index (Phi) is 4.11. The van der Waals surface area contributed by atoms with Crippen LogP contribution in [0.4, 0.5) is 5.95 Å². The number of aromatic nitrogens is 2. The number of rotatable bonds is 5. The van der Waals surface area contributed by atoms with Gasteiger partial charge in [0.2, 0.25) is 5.95 Å². The van der Waals surface area contributed by atoms with Crippen LogP contribution in [0.25, 0.3) is 11.0 Å². The lowest BCUT2D eigenvalue weighted by Gasteiger charge is -2.17. The van der Waals surface area contributed by atoms with Gasteiger partial charge in [0.1, 0.15) is 0 Å². The van der Waals surface area contributed by atoms with Gasteiger partial charge in [0.05, 0.1) is 11.0 Å². The van der Waals surface area contributed by atoms with E-state index in [1.807, 2.05) is 32.9 Å². The van der Waals surface area contributed by atoms with E-state index in [1.54, 1.807) is 4.57 Å². The minimum Gasteiger partial charge on any atom is -0.356 e. The Morgan fingerprint density at radius 3 is 2.29 bits per heavy atom. The quantitative estimate of drug-likeness (QED) is 0.859. The molecule has 0 bridgehead atoms. The van der Waals surface area contributed by atoms with Crippen molar-refractivity contribution >= 4 is 28.5 Å². The summed E-state index contributed by atoms with van der Waals surface area (Å²) < 4.78 is 1.72. The average Bonchev–Trinajstić information content (AvgIpc) is 2.68. The first-order valence-electron chi connectivity index (χ1n) is 7.10. The first-order chi connectivity index (χ1) is 9.86. The van der Waals surface area contributed by atoms with E-state index in [-0.39, 0.29) is 11.6 Å². The van der Waals surface area contributed by atoms with Gasteiger partial charge in [-0.2, -0.15) is 0 Å². The van der Waals surface area contributed by atoms with E-state index in [2.05, 4.69) is 10.3 Å². The fourth-order valence-corrected chi connectivity index (χ4v) is 2.54. The van der Waals surface area contributed by atoms with E-state index in [9.17, 15) is 9.59 Å². The van der Waals surface area contributed by atoms with E-state index in [0.29, 0.717) is 12.5 Å². The van der Waals surface area contributed by atoms with Crippen molar-refractivity contribution in [2.75, 3.05) is 11.9 Å². The number of nitrogens with one attached hydrogen (secondary N) is 1. The average molecular weight is 287 g/mol. The minimum atomic E-state index is -0.828. The number of nitrogens with zero attached hydrogens (tertiary/aromatic N) is 2. The highest BCUT2D eigenvalue weighted by Crippen LogP contribution is 2.28. The summed E-state index contributed by atoms with van der Waals surface area (Å²) in [4.78, 5) is 28.4. The van der Waals surface area contributed by atoms with Crippen molar-refractivity contribution < 1.29 is 9.59 Å². The van der Waals surface area contributed by atoms with E-state index in [0.717, 1.165) is 22.2 Å². The molecule has 5 heteroatoms. The molecule has 2 rings (SSSR count). The maximum atomic E-state index is 11.9. The van der Waals surface area contributed by atoms with Crippen LogP contribution in [-0.4, -0.2) is 27.7 Å². The second kappa shape index (κ2) is 5.68. The zero-order chi connectivity index (χ0) is 15.7. The number of hydrogen-bond donors (Lipinski definition) is 1. The molecule has 0 amide bonds. The van der Waals surface area contributed by atoms with Gasteiger partial charge in [0, 0.05) is 6.54 Å². The number of imidazole rings is 1. The van der Waals surface area contributed by atoms with Gasteiger partial charge in [-0.15, -0.1) is 0 Å². The zero-order valence-corrected chi connectivity index (χ0v) is 13.2. The van der Waals surface area contributed by atoms with Crippen molar-refractivity contribution in [1.29, 1.82) is 0 Å². The van der Waals surface area contributed by atoms with Crippen LogP contribution in [0.5, 0.6) is 0 Å². The lowest BCUT2D eigenvalue weighted by molar-refractivity contribution is -0.129. The van der Waals surface area contributed by atoms with Gasteiger partial charge in [-0.05, 0) is 57.9 Å². The monoisotopic (exact) mass is 287 g/mol.